The first-order chi connectivity index (χ1) is 8.74. The highest BCUT2D eigenvalue weighted by Crippen LogP contribution is 2.21. The van der Waals surface area contributed by atoms with Crippen LogP contribution in [0.1, 0.15) is 5.56 Å². The number of aromatic nitrogens is 2. The van der Waals surface area contributed by atoms with Gasteiger partial charge >= 0.3 is 0 Å². The Morgan fingerprint density at radius 2 is 2.00 bits per heavy atom. The summed E-state index contributed by atoms with van der Waals surface area (Å²) in [6, 6.07) is 14.6. The quantitative estimate of drug-likeness (QED) is 0.568. The third kappa shape index (κ3) is 2.31. The molecule has 0 N–H and O–H groups in total. The van der Waals surface area contributed by atoms with Crippen LogP contribution in [-0.4, -0.2) is 9.78 Å². The molecule has 0 radical (unpaired) electrons. The fourth-order valence-corrected chi connectivity index (χ4v) is 2.84. The Balaban J connectivity index is 2.05. The maximum Gasteiger partial charge on any atom is 0.0696 e. The van der Waals surface area contributed by atoms with Crippen molar-refractivity contribution in [3.05, 3.63) is 62.3 Å². The number of rotatable bonds is 2. The lowest BCUT2D eigenvalue weighted by atomic mass is 10.2. The average molecular weight is 413 g/mol. The number of nitrogens with zero attached hydrogens (tertiary/aromatic N) is 2. The summed E-state index contributed by atoms with van der Waals surface area (Å²) in [6.07, 6.45) is 1.92. The van der Waals surface area contributed by atoms with E-state index in [1.54, 1.807) is 0 Å². The highest BCUT2D eigenvalue weighted by atomic mass is 127. The highest BCUT2D eigenvalue weighted by Gasteiger charge is 2.05. The minimum Gasteiger partial charge on any atom is -0.260 e. The lowest BCUT2D eigenvalue weighted by Crippen LogP contribution is -2.02. The Kier molecular flexibility index (Phi) is 3.39. The molecule has 0 atom stereocenters. The molecule has 1 heterocycles. The van der Waals surface area contributed by atoms with Crippen LogP contribution in [0.3, 0.4) is 0 Å². The molecule has 0 spiro atoms. The fourth-order valence-electron chi connectivity index (χ4n) is 1.96. The maximum absolute atomic E-state index is 4.47. The summed E-state index contributed by atoms with van der Waals surface area (Å²) in [6.45, 7) is 0.783. The largest absolute Gasteiger partial charge is 0.260 e. The minimum atomic E-state index is 0.783. The van der Waals surface area contributed by atoms with Crippen LogP contribution in [0.25, 0.3) is 10.9 Å². The summed E-state index contributed by atoms with van der Waals surface area (Å²) < 4.78 is 4.39. The van der Waals surface area contributed by atoms with Gasteiger partial charge in [-0.2, -0.15) is 5.10 Å². The van der Waals surface area contributed by atoms with Crippen molar-refractivity contribution in [1.82, 2.24) is 9.78 Å². The average Bonchev–Trinajstić information content (AvgIpc) is 2.75. The molecule has 1 aromatic heterocycles. The molecule has 4 heteroatoms. The van der Waals surface area contributed by atoms with Crippen LogP contribution in [0.2, 0.25) is 0 Å². The Morgan fingerprint density at radius 3 is 2.83 bits per heavy atom. The van der Waals surface area contributed by atoms with Gasteiger partial charge in [0.25, 0.3) is 0 Å². The molecule has 0 aliphatic carbocycles. The van der Waals surface area contributed by atoms with Gasteiger partial charge in [0.05, 0.1) is 18.3 Å². The van der Waals surface area contributed by atoms with Gasteiger partial charge in [-0.1, -0.05) is 40.2 Å². The first kappa shape index (κ1) is 12.2. The van der Waals surface area contributed by atoms with Crippen LogP contribution in [0.15, 0.2) is 53.1 Å². The van der Waals surface area contributed by atoms with E-state index in [9.17, 15) is 0 Å². The molecule has 0 aliphatic rings. The van der Waals surface area contributed by atoms with E-state index in [2.05, 4.69) is 80.0 Å². The SMILES string of the molecule is Brc1ccccc1Cn1ncc2ccc(I)cc21. The topological polar surface area (TPSA) is 17.8 Å². The third-order valence-electron chi connectivity index (χ3n) is 2.88. The molecule has 0 amide bonds. The molecule has 2 aromatic carbocycles. The summed E-state index contributed by atoms with van der Waals surface area (Å²) in [5, 5.41) is 5.65. The van der Waals surface area contributed by atoms with Crippen LogP contribution < -0.4 is 0 Å². The predicted molar refractivity (Wildman–Crippen MR) is 85.7 cm³/mol. The van der Waals surface area contributed by atoms with Gasteiger partial charge in [-0.3, -0.25) is 4.68 Å². The molecule has 2 nitrogen and oxygen atoms in total. The Bertz CT molecular complexity index is 706. The molecule has 0 saturated heterocycles. The molecule has 3 rings (SSSR count). The van der Waals surface area contributed by atoms with Gasteiger partial charge in [-0.15, -0.1) is 0 Å². The van der Waals surface area contributed by atoms with Crippen molar-refractivity contribution in [3.63, 3.8) is 0 Å². The van der Waals surface area contributed by atoms with E-state index in [4.69, 9.17) is 0 Å². The lowest BCUT2D eigenvalue weighted by Gasteiger charge is -2.06. The number of benzene rings is 2. The molecule has 90 valence electrons. The predicted octanol–water partition coefficient (Wildman–Crippen LogP) is 4.45. The van der Waals surface area contributed by atoms with E-state index in [0.29, 0.717) is 0 Å². The molecule has 0 aliphatic heterocycles. The molecular formula is C14H10BrIN2. The van der Waals surface area contributed by atoms with E-state index >= 15 is 0 Å². The zero-order valence-electron chi connectivity index (χ0n) is 9.48. The Morgan fingerprint density at radius 1 is 1.17 bits per heavy atom. The van der Waals surface area contributed by atoms with Gasteiger partial charge in [0.1, 0.15) is 0 Å². The van der Waals surface area contributed by atoms with Gasteiger partial charge < -0.3 is 0 Å². The second-order valence-electron chi connectivity index (χ2n) is 4.10. The molecule has 0 saturated carbocycles. The maximum atomic E-state index is 4.47. The Labute approximate surface area is 127 Å². The Hall–Kier alpha value is -0.880. The van der Waals surface area contributed by atoms with Crippen LogP contribution in [-0.2, 0) is 6.54 Å². The molecule has 0 bridgehead atoms. The van der Waals surface area contributed by atoms with Crippen LogP contribution in [0, 0.1) is 3.57 Å². The first-order valence-corrected chi connectivity index (χ1v) is 7.46. The van der Waals surface area contributed by atoms with E-state index < -0.39 is 0 Å². The molecular weight excluding hydrogens is 403 g/mol. The van der Waals surface area contributed by atoms with E-state index in [0.717, 1.165) is 11.0 Å². The van der Waals surface area contributed by atoms with Gasteiger partial charge in [0.2, 0.25) is 0 Å². The number of fused-ring (bicyclic) bond motifs is 1. The van der Waals surface area contributed by atoms with Crippen molar-refractivity contribution in [2.45, 2.75) is 6.54 Å². The molecule has 3 aromatic rings. The van der Waals surface area contributed by atoms with Crippen molar-refractivity contribution < 1.29 is 0 Å². The summed E-state index contributed by atoms with van der Waals surface area (Å²) in [7, 11) is 0. The monoisotopic (exact) mass is 412 g/mol. The lowest BCUT2D eigenvalue weighted by molar-refractivity contribution is 0.710. The van der Waals surface area contributed by atoms with Crippen LogP contribution in [0.4, 0.5) is 0 Å². The first-order valence-electron chi connectivity index (χ1n) is 5.58. The second-order valence-corrected chi connectivity index (χ2v) is 6.20. The number of hydrogen-bond acceptors (Lipinski definition) is 1. The van der Waals surface area contributed by atoms with Crippen LogP contribution in [0.5, 0.6) is 0 Å². The highest BCUT2D eigenvalue weighted by molar-refractivity contribution is 14.1. The normalized spacial score (nSPS) is 11.0. The van der Waals surface area contributed by atoms with Crippen LogP contribution >= 0.6 is 38.5 Å². The summed E-state index contributed by atoms with van der Waals surface area (Å²) >= 11 is 5.91. The third-order valence-corrected chi connectivity index (χ3v) is 4.33. The van der Waals surface area contributed by atoms with Gasteiger partial charge in [0.15, 0.2) is 0 Å². The van der Waals surface area contributed by atoms with Crippen molar-refractivity contribution in [2.75, 3.05) is 0 Å². The zero-order valence-corrected chi connectivity index (χ0v) is 13.2. The van der Waals surface area contributed by atoms with E-state index in [1.807, 2.05) is 16.9 Å². The van der Waals surface area contributed by atoms with Gasteiger partial charge in [-0.25, -0.2) is 0 Å². The minimum absolute atomic E-state index is 0.783. The second kappa shape index (κ2) is 5.01. The fraction of sp³-hybridized carbons (Fsp3) is 0.0714. The summed E-state index contributed by atoms with van der Waals surface area (Å²) in [5.41, 5.74) is 2.42. The number of hydrogen-bond donors (Lipinski definition) is 0. The molecule has 0 unspecified atom stereocenters. The van der Waals surface area contributed by atoms with Gasteiger partial charge in [-0.05, 0) is 46.4 Å². The van der Waals surface area contributed by atoms with Crippen molar-refractivity contribution in [2.24, 2.45) is 0 Å². The van der Waals surface area contributed by atoms with Crippen molar-refractivity contribution >= 4 is 49.4 Å². The van der Waals surface area contributed by atoms with E-state index in [1.165, 1.54) is 20.0 Å². The smallest absolute Gasteiger partial charge is 0.0696 e. The van der Waals surface area contributed by atoms with Crippen molar-refractivity contribution in [1.29, 1.82) is 0 Å². The van der Waals surface area contributed by atoms with E-state index in [-0.39, 0.29) is 0 Å². The number of halogens is 2. The molecule has 18 heavy (non-hydrogen) atoms. The van der Waals surface area contributed by atoms with Crippen molar-refractivity contribution in [3.8, 4) is 0 Å². The molecule has 0 fully saturated rings. The summed E-state index contributed by atoms with van der Waals surface area (Å²) in [4.78, 5) is 0. The zero-order chi connectivity index (χ0) is 12.5. The van der Waals surface area contributed by atoms with Gasteiger partial charge in [0, 0.05) is 13.4 Å². The standard InChI is InChI=1S/C14H10BrIN2/c15-13-4-2-1-3-11(13)9-18-14-7-12(16)6-5-10(14)8-17-18/h1-8H,9H2. The summed E-state index contributed by atoms with van der Waals surface area (Å²) in [5.74, 6) is 0.